The molecule has 7 nitrogen and oxygen atoms in total. The van der Waals surface area contributed by atoms with Gasteiger partial charge in [-0.1, -0.05) is 11.3 Å². The molecule has 1 unspecified atom stereocenters. The van der Waals surface area contributed by atoms with Crippen molar-refractivity contribution in [3.63, 3.8) is 0 Å². The van der Waals surface area contributed by atoms with Gasteiger partial charge in [0, 0.05) is 6.61 Å². The van der Waals surface area contributed by atoms with Gasteiger partial charge in [-0.25, -0.2) is 18.5 Å². The summed E-state index contributed by atoms with van der Waals surface area (Å²) in [6.45, 7) is 2.10. The second-order valence-corrected chi connectivity index (χ2v) is 7.04. The number of rotatable bonds is 3. The van der Waals surface area contributed by atoms with Gasteiger partial charge in [0.25, 0.3) is 5.91 Å². The molecule has 19 heavy (non-hydrogen) atoms. The molecule has 1 saturated heterocycles. The average Bonchev–Trinajstić information content (AvgIpc) is 2.71. The van der Waals surface area contributed by atoms with Crippen molar-refractivity contribution < 1.29 is 17.9 Å². The lowest BCUT2D eigenvalue weighted by atomic mass is 10.1. The minimum Gasteiger partial charge on any atom is -0.368 e. The number of amides is 1. The Bertz CT molecular complexity index is 576. The van der Waals surface area contributed by atoms with Crippen LogP contribution in [0.25, 0.3) is 0 Å². The number of ether oxygens (including phenoxy) is 1. The molecule has 9 heteroatoms. The van der Waals surface area contributed by atoms with Gasteiger partial charge in [0.05, 0.1) is 5.69 Å². The normalized spacial score (nSPS) is 20.2. The van der Waals surface area contributed by atoms with Crippen molar-refractivity contribution in [1.82, 2.24) is 4.98 Å². The van der Waals surface area contributed by atoms with E-state index in [1.54, 1.807) is 0 Å². The first-order valence-electron chi connectivity index (χ1n) is 5.80. The lowest BCUT2D eigenvalue weighted by Crippen LogP contribution is -2.33. The fourth-order valence-electron chi connectivity index (χ4n) is 1.83. The lowest BCUT2D eigenvalue weighted by Gasteiger charge is -2.20. The number of hydrogen-bond acceptors (Lipinski definition) is 6. The Labute approximate surface area is 115 Å². The van der Waals surface area contributed by atoms with Crippen LogP contribution >= 0.6 is 11.3 Å². The summed E-state index contributed by atoms with van der Waals surface area (Å²) in [6, 6.07) is 0. The molecule has 1 aliphatic heterocycles. The highest BCUT2D eigenvalue weighted by atomic mass is 32.2. The van der Waals surface area contributed by atoms with Crippen LogP contribution < -0.4 is 10.5 Å². The number of aromatic nitrogens is 1. The van der Waals surface area contributed by atoms with E-state index in [1.165, 1.54) is 6.92 Å². The molecule has 0 aliphatic carbocycles. The van der Waals surface area contributed by atoms with Crippen molar-refractivity contribution in [2.75, 3.05) is 11.9 Å². The van der Waals surface area contributed by atoms with E-state index in [4.69, 9.17) is 9.88 Å². The molecule has 1 aliphatic rings. The van der Waals surface area contributed by atoms with Crippen molar-refractivity contribution in [2.24, 2.45) is 5.14 Å². The third-order valence-corrected chi connectivity index (χ3v) is 5.34. The summed E-state index contributed by atoms with van der Waals surface area (Å²) < 4.78 is 27.8. The molecule has 3 N–H and O–H groups in total. The third kappa shape index (κ3) is 3.50. The summed E-state index contributed by atoms with van der Waals surface area (Å²) in [6.07, 6.45) is 2.07. The Morgan fingerprint density at radius 1 is 1.53 bits per heavy atom. The van der Waals surface area contributed by atoms with Gasteiger partial charge in [-0.15, -0.1) is 0 Å². The molecule has 1 aromatic rings. The maximum Gasteiger partial charge on any atom is 0.255 e. The van der Waals surface area contributed by atoms with Crippen LogP contribution in [0.4, 0.5) is 5.13 Å². The topological polar surface area (TPSA) is 111 Å². The molecule has 0 spiro atoms. The van der Waals surface area contributed by atoms with Crippen molar-refractivity contribution in [2.45, 2.75) is 36.5 Å². The zero-order chi connectivity index (χ0) is 14.0. The van der Waals surface area contributed by atoms with Crippen LogP contribution in [0.2, 0.25) is 0 Å². The van der Waals surface area contributed by atoms with Gasteiger partial charge >= 0.3 is 0 Å². The zero-order valence-corrected chi connectivity index (χ0v) is 12.0. The van der Waals surface area contributed by atoms with Crippen molar-refractivity contribution >= 4 is 32.4 Å². The molecule has 0 radical (unpaired) electrons. The average molecular weight is 305 g/mol. The molecule has 1 atom stereocenters. The number of nitrogens with one attached hydrogen (secondary N) is 1. The van der Waals surface area contributed by atoms with Gasteiger partial charge < -0.3 is 4.74 Å². The van der Waals surface area contributed by atoms with Gasteiger partial charge in [-0.3, -0.25) is 10.1 Å². The van der Waals surface area contributed by atoms with Crippen molar-refractivity contribution in [3.05, 3.63) is 5.69 Å². The maximum atomic E-state index is 11.9. The standard InChI is InChI=1S/C10H15N3O4S2/c1-6-9(19(11,15)16)18-10(12-6)13-8(14)7-4-2-3-5-17-7/h7H,2-5H2,1H3,(H2,11,15,16)(H,12,13,14). The molecular weight excluding hydrogens is 290 g/mol. The minimum absolute atomic E-state index is 0.0348. The highest BCUT2D eigenvalue weighted by Crippen LogP contribution is 2.26. The largest absolute Gasteiger partial charge is 0.368 e. The summed E-state index contributed by atoms with van der Waals surface area (Å²) in [5.41, 5.74) is 0.285. The summed E-state index contributed by atoms with van der Waals surface area (Å²) in [5, 5.41) is 7.84. The number of nitrogens with zero attached hydrogens (tertiary/aromatic N) is 1. The van der Waals surface area contributed by atoms with E-state index >= 15 is 0 Å². The first kappa shape index (κ1) is 14.4. The van der Waals surface area contributed by atoms with E-state index in [1.807, 2.05) is 0 Å². The summed E-state index contributed by atoms with van der Waals surface area (Å²) in [4.78, 5) is 15.9. The van der Waals surface area contributed by atoms with Crippen LogP contribution in [0.3, 0.4) is 0 Å². The lowest BCUT2D eigenvalue weighted by molar-refractivity contribution is -0.129. The summed E-state index contributed by atoms with van der Waals surface area (Å²) in [5.74, 6) is -0.297. The molecule has 1 fully saturated rings. The van der Waals surface area contributed by atoms with E-state index < -0.39 is 16.1 Å². The molecule has 1 aromatic heterocycles. The monoisotopic (exact) mass is 305 g/mol. The molecule has 0 bridgehead atoms. The first-order valence-corrected chi connectivity index (χ1v) is 8.17. The van der Waals surface area contributed by atoms with Gasteiger partial charge in [0.15, 0.2) is 9.34 Å². The smallest absolute Gasteiger partial charge is 0.255 e. The molecule has 2 rings (SSSR count). The van der Waals surface area contributed by atoms with E-state index in [2.05, 4.69) is 10.3 Å². The van der Waals surface area contributed by atoms with E-state index in [-0.39, 0.29) is 20.9 Å². The Morgan fingerprint density at radius 2 is 2.26 bits per heavy atom. The quantitative estimate of drug-likeness (QED) is 0.849. The number of carbonyl (C=O) groups is 1. The van der Waals surface area contributed by atoms with Crippen LogP contribution in [-0.2, 0) is 19.6 Å². The van der Waals surface area contributed by atoms with E-state index in [0.717, 1.165) is 24.2 Å². The Balaban J connectivity index is 2.09. The van der Waals surface area contributed by atoms with Crippen LogP contribution in [0.5, 0.6) is 0 Å². The number of hydrogen-bond donors (Lipinski definition) is 2. The van der Waals surface area contributed by atoms with Crippen LogP contribution in [-0.4, -0.2) is 32.0 Å². The van der Waals surface area contributed by atoms with Gasteiger partial charge in [0.2, 0.25) is 10.0 Å². The Hall–Kier alpha value is -1.03. The van der Waals surface area contributed by atoms with Crippen LogP contribution in [0.1, 0.15) is 25.0 Å². The minimum atomic E-state index is -3.80. The van der Waals surface area contributed by atoms with Crippen LogP contribution in [0, 0.1) is 6.92 Å². The number of primary sulfonamides is 1. The summed E-state index contributed by atoms with van der Waals surface area (Å²) in [7, 11) is -3.80. The summed E-state index contributed by atoms with van der Waals surface area (Å²) >= 11 is 0.847. The third-order valence-electron chi connectivity index (χ3n) is 2.71. The first-order chi connectivity index (χ1) is 8.88. The number of nitrogens with two attached hydrogens (primary N) is 1. The number of thiazole rings is 1. The maximum absolute atomic E-state index is 11.9. The predicted octanol–water partition coefficient (Wildman–Crippen LogP) is 0.607. The second kappa shape index (κ2) is 5.53. The predicted molar refractivity (Wildman–Crippen MR) is 70.4 cm³/mol. The van der Waals surface area contributed by atoms with Gasteiger partial charge in [0.1, 0.15) is 6.10 Å². The van der Waals surface area contributed by atoms with E-state index in [9.17, 15) is 13.2 Å². The second-order valence-electron chi connectivity index (χ2n) is 4.28. The molecule has 1 amide bonds. The van der Waals surface area contributed by atoms with Crippen molar-refractivity contribution in [3.8, 4) is 0 Å². The SMILES string of the molecule is Cc1nc(NC(=O)C2CCCCO2)sc1S(N)(=O)=O. The highest BCUT2D eigenvalue weighted by Gasteiger charge is 2.24. The van der Waals surface area contributed by atoms with Gasteiger partial charge in [-0.2, -0.15) is 0 Å². The zero-order valence-electron chi connectivity index (χ0n) is 10.4. The molecule has 0 aromatic carbocycles. The molecular formula is C10H15N3O4S2. The molecule has 106 valence electrons. The number of sulfonamides is 1. The fourth-order valence-corrected chi connectivity index (χ4v) is 3.70. The van der Waals surface area contributed by atoms with Crippen molar-refractivity contribution in [1.29, 1.82) is 0 Å². The van der Waals surface area contributed by atoms with E-state index in [0.29, 0.717) is 13.0 Å². The Morgan fingerprint density at radius 3 is 2.79 bits per heavy atom. The molecule has 0 saturated carbocycles. The number of aryl methyl sites for hydroxylation is 1. The van der Waals surface area contributed by atoms with Crippen LogP contribution in [0.15, 0.2) is 4.21 Å². The number of anilines is 1. The molecule has 2 heterocycles. The van der Waals surface area contributed by atoms with Gasteiger partial charge in [-0.05, 0) is 26.2 Å². The number of carbonyl (C=O) groups excluding carboxylic acids is 1. The Kier molecular flexibility index (Phi) is 4.19. The highest BCUT2D eigenvalue weighted by molar-refractivity contribution is 7.91. The fraction of sp³-hybridized carbons (Fsp3) is 0.600.